The maximum absolute atomic E-state index is 13.7. The summed E-state index contributed by atoms with van der Waals surface area (Å²) in [4.78, 5) is 15.6. The summed E-state index contributed by atoms with van der Waals surface area (Å²) in [5.41, 5.74) is 4.76. The Balaban J connectivity index is 0.00000456. The fraction of sp³-hybridized carbons (Fsp3) is 0.333. The van der Waals surface area contributed by atoms with Crippen LogP contribution >= 0.6 is 11.6 Å². The smallest absolute Gasteiger partial charge is 0.550 e. The molecule has 0 unspecified atom stereocenters. The number of benzene rings is 2. The standard InChI is InChI=1S/C27H30ClFN2O4.Na/c1-15(2)27-30-25(19-11-16(3)24(28)17(4)12-19)26(18-5-7-20(29)8-6-18)31(27)10-9-21(32)13-22(33)14-23(34)35;/h5-12,15,21-22,32-33H,13-14H2,1-4H3,(H,34,35);/q;+1/p-1/b10-9+;/t21-,22-;/m1./s1. The van der Waals surface area contributed by atoms with E-state index in [1.807, 2.05) is 44.4 Å². The van der Waals surface area contributed by atoms with Gasteiger partial charge in [-0.05, 0) is 67.4 Å². The summed E-state index contributed by atoms with van der Waals surface area (Å²) >= 11 is 6.39. The Morgan fingerprint density at radius 3 is 2.25 bits per heavy atom. The number of aromatic nitrogens is 2. The first-order chi connectivity index (χ1) is 16.5. The van der Waals surface area contributed by atoms with E-state index in [9.17, 15) is 24.5 Å². The third-order valence-corrected chi connectivity index (χ3v) is 6.25. The van der Waals surface area contributed by atoms with Gasteiger partial charge >= 0.3 is 29.6 Å². The Morgan fingerprint density at radius 1 is 1.14 bits per heavy atom. The van der Waals surface area contributed by atoms with Gasteiger partial charge in [-0.15, -0.1) is 0 Å². The van der Waals surface area contributed by atoms with E-state index in [0.29, 0.717) is 22.2 Å². The van der Waals surface area contributed by atoms with Crippen LogP contribution in [-0.2, 0) is 4.79 Å². The Kier molecular flexibility index (Phi) is 10.9. The molecular formula is C27H29ClFN2NaO4. The van der Waals surface area contributed by atoms with Crippen LogP contribution in [0.15, 0.2) is 42.5 Å². The summed E-state index contributed by atoms with van der Waals surface area (Å²) in [6.07, 6.45) is 0.0610. The van der Waals surface area contributed by atoms with Crippen LogP contribution in [0.4, 0.5) is 4.39 Å². The van der Waals surface area contributed by atoms with E-state index in [1.165, 1.54) is 18.2 Å². The molecule has 36 heavy (non-hydrogen) atoms. The van der Waals surface area contributed by atoms with Crippen LogP contribution in [0.5, 0.6) is 0 Å². The largest absolute Gasteiger partial charge is 1.00 e. The molecule has 0 aliphatic rings. The maximum atomic E-state index is 13.7. The number of carbonyl (C=O) groups excluding carboxylic acids is 1. The van der Waals surface area contributed by atoms with Crippen molar-refractivity contribution in [1.29, 1.82) is 0 Å². The number of rotatable bonds is 9. The van der Waals surface area contributed by atoms with Crippen molar-refractivity contribution < 1.29 is 54.1 Å². The first kappa shape index (κ1) is 30.2. The summed E-state index contributed by atoms with van der Waals surface area (Å²) < 4.78 is 15.6. The summed E-state index contributed by atoms with van der Waals surface area (Å²) in [5.74, 6) is -1.04. The fourth-order valence-corrected chi connectivity index (χ4v) is 4.10. The van der Waals surface area contributed by atoms with Crippen molar-refractivity contribution in [3.8, 4) is 22.5 Å². The SMILES string of the molecule is Cc1cc(-c2nc(C(C)C)n(/C=C/[C@@H](O)C[C@@H](O)CC(=O)[O-])c2-c2ccc(F)cc2)cc(C)c1Cl.[Na+]. The molecule has 0 bridgehead atoms. The van der Waals surface area contributed by atoms with Crippen LogP contribution in [0.2, 0.25) is 5.02 Å². The number of carboxylic acid groups (broad SMARTS) is 1. The molecular weight excluding hydrogens is 494 g/mol. The predicted octanol–water partition coefficient (Wildman–Crippen LogP) is 1.48. The van der Waals surface area contributed by atoms with Crippen LogP contribution in [0.25, 0.3) is 28.7 Å². The molecule has 2 atom stereocenters. The molecule has 3 rings (SSSR count). The summed E-state index contributed by atoms with van der Waals surface area (Å²) in [5, 5.41) is 31.6. The van der Waals surface area contributed by atoms with E-state index in [4.69, 9.17) is 16.6 Å². The second kappa shape index (κ2) is 13.0. The molecule has 0 fully saturated rings. The van der Waals surface area contributed by atoms with Gasteiger partial charge in [-0.2, -0.15) is 0 Å². The van der Waals surface area contributed by atoms with Crippen LogP contribution in [0.3, 0.4) is 0 Å². The molecule has 0 aliphatic carbocycles. The number of aryl methyl sites for hydroxylation is 2. The van der Waals surface area contributed by atoms with Gasteiger partial charge in [0.15, 0.2) is 0 Å². The monoisotopic (exact) mass is 522 g/mol. The van der Waals surface area contributed by atoms with E-state index in [0.717, 1.165) is 22.3 Å². The van der Waals surface area contributed by atoms with Gasteiger partial charge in [-0.1, -0.05) is 25.4 Å². The maximum Gasteiger partial charge on any atom is 1.00 e. The second-order valence-electron chi connectivity index (χ2n) is 9.00. The van der Waals surface area contributed by atoms with E-state index in [-0.39, 0.29) is 47.7 Å². The van der Waals surface area contributed by atoms with E-state index < -0.39 is 24.6 Å². The van der Waals surface area contributed by atoms with Gasteiger partial charge in [-0.3, -0.25) is 0 Å². The number of nitrogens with zero attached hydrogens (tertiary/aromatic N) is 2. The zero-order valence-electron chi connectivity index (χ0n) is 21.1. The van der Waals surface area contributed by atoms with Crippen molar-refractivity contribution in [2.45, 2.75) is 58.7 Å². The van der Waals surface area contributed by atoms with Crippen LogP contribution in [0, 0.1) is 19.7 Å². The molecule has 2 aromatic carbocycles. The normalized spacial score (nSPS) is 13.1. The number of carboxylic acids is 1. The number of carbonyl (C=O) groups is 1. The fourth-order valence-electron chi connectivity index (χ4n) is 3.99. The molecule has 6 nitrogen and oxygen atoms in total. The van der Waals surface area contributed by atoms with Gasteiger partial charge < -0.3 is 24.7 Å². The zero-order chi connectivity index (χ0) is 25.9. The average Bonchev–Trinajstić information content (AvgIpc) is 3.15. The van der Waals surface area contributed by atoms with Crippen molar-refractivity contribution in [2.75, 3.05) is 0 Å². The van der Waals surface area contributed by atoms with Crippen molar-refractivity contribution in [3.05, 3.63) is 70.3 Å². The number of aliphatic hydroxyl groups is 2. The number of aliphatic hydroxyl groups excluding tert-OH is 2. The molecule has 1 heterocycles. The summed E-state index contributed by atoms with van der Waals surface area (Å²) in [7, 11) is 0. The Hall–Kier alpha value is -2.00. The van der Waals surface area contributed by atoms with E-state index in [2.05, 4.69) is 0 Å². The molecule has 186 valence electrons. The zero-order valence-corrected chi connectivity index (χ0v) is 23.9. The van der Waals surface area contributed by atoms with Crippen molar-refractivity contribution in [1.82, 2.24) is 9.55 Å². The molecule has 0 amide bonds. The molecule has 0 spiro atoms. The number of halogens is 2. The van der Waals surface area contributed by atoms with Crippen molar-refractivity contribution in [2.24, 2.45) is 0 Å². The van der Waals surface area contributed by atoms with E-state index >= 15 is 0 Å². The van der Waals surface area contributed by atoms with Crippen molar-refractivity contribution in [3.63, 3.8) is 0 Å². The number of imidazole rings is 1. The molecule has 0 aliphatic heterocycles. The van der Waals surface area contributed by atoms with Crippen LogP contribution in [0.1, 0.15) is 49.6 Å². The molecule has 9 heteroatoms. The number of aliphatic carboxylic acids is 1. The minimum absolute atomic E-state index is 0. The molecule has 3 aromatic rings. The minimum atomic E-state index is -1.39. The molecule has 0 saturated carbocycles. The predicted molar refractivity (Wildman–Crippen MR) is 133 cm³/mol. The van der Waals surface area contributed by atoms with Gasteiger partial charge in [0.25, 0.3) is 0 Å². The molecule has 1 aromatic heterocycles. The quantitative estimate of drug-likeness (QED) is 0.415. The third-order valence-electron chi connectivity index (χ3n) is 5.66. The Morgan fingerprint density at radius 2 is 1.72 bits per heavy atom. The minimum Gasteiger partial charge on any atom is -0.550 e. The number of hydrogen-bond donors (Lipinski definition) is 2. The van der Waals surface area contributed by atoms with Gasteiger partial charge in [0, 0.05) is 47.1 Å². The van der Waals surface area contributed by atoms with Gasteiger partial charge in [0.2, 0.25) is 0 Å². The first-order valence-electron chi connectivity index (χ1n) is 11.4. The second-order valence-corrected chi connectivity index (χ2v) is 9.38. The third kappa shape index (κ3) is 7.28. The van der Waals surface area contributed by atoms with Crippen molar-refractivity contribution >= 4 is 23.8 Å². The Labute approximate surface area is 237 Å². The van der Waals surface area contributed by atoms with Crippen LogP contribution in [-0.4, -0.2) is 37.9 Å². The van der Waals surface area contributed by atoms with Gasteiger partial charge in [-0.25, -0.2) is 9.37 Å². The number of hydrogen-bond acceptors (Lipinski definition) is 5. The van der Waals surface area contributed by atoms with Gasteiger partial charge in [0.1, 0.15) is 11.6 Å². The summed E-state index contributed by atoms with van der Waals surface area (Å²) in [6.45, 7) is 7.82. The van der Waals surface area contributed by atoms with E-state index in [1.54, 1.807) is 18.3 Å². The molecule has 0 saturated heterocycles. The molecule has 0 radical (unpaired) electrons. The summed E-state index contributed by atoms with van der Waals surface area (Å²) in [6, 6.07) is 9.99. The topological polar surface area (TPSA) is 98.4 Å². The molecule has 2 N–H and O–H groups in total. The van der Waals surface area contributed by atoms with Crippen LogP contribution < -0.4 is 34.7 Å². The first-order valence-corrected chi connectivity index (χ1v) is 11.7. The average molecular weight is 523 g/mol. The Bertz CT molecular complexity index is 1220. The van der Waals surface area contributed by atoms with Gasteiger partial charge in [0.05, 0.1) is 23.6 Å².